The maximum absolute atomic E-state index is 10.7. The maximum atomic E-state index is 10.7. The average molecular weight is 355 g/mol. The molecule has 0 N–H and O–H groups in total. The van der Waals surface area contributed by atoms with Crippen molar-refractivity contribution < 1.29 is 21.9 Å². The Balaban J connectivity index is 0.00000225. The largest absolute Gasteiger partial charge is 1.00 e. The molecule has 0 radical (unpaired) electrons. The first-order valence-corrected chi connectivity index (χ1v) is 7.87. The molecule has 5 heteroatoms. The van der Waals surface area contributed by atoms with E-state index in [1.807, 2.05) is 12.1 Å². The normalized spacial score (nSPS) is 10.1. The van der Waals surface area contributed by atoms with Crippen molar-refractivity contribution in [2.24, 2.45) is 0 Å². The number of non-ortho nitro benzene ring substituents is 1. The van der Waals surface area contributed by atoms with Gasteiger partial charge in [-0.2, -0.15) is 0 Å². The fourth-order valence-electron chi connectivity index (χ4n) is 2.67. The Bertz CT molecular complexity index is 846. The first kappa shape index (κ1) is 18.6. The molecule has 2 aromatic carbocycles. The van der Waals surface area contributed by atoms with Gasteiger partial charge < -0.3 is 12.4 Å². The van der Waals surface area contributed by atoms with Crippen molar-refractivity contribution in [2.45, 2.75) is 19.9 Å². The molecule has 1 aromatic heterocycles. The summed E-state index contributed by atoms with van der Waals surface area (Å²) < 4.78 is 2.15. The van der Waals surface area contributed by atoms with Gasteiger partial charge in [-0.1, -0.05) is 36.4 Å². The summed E-state index contributed by atoms with van der Waals surface area (Å²) in [5.74, 6) is 0. The Morgan fingerprint density at radius 2 is 1.52 bits per heavy atom. The van der Waals surface area contributed by atoms with Crippen molar-refractivity contribution in [3.63, 3.8) is 0 Å². The number of benzene rings is 2. The third kappa shape index (κ3) is 4.88. The molecule has 0 aliphatic heterocycles. The van der Waals surface area contributed by atoms with Crippen molar-refractivity contribution in [3.05, 3.63) is 105 Å². The zero-order chi connectivity index (χ0) is 16.9. The number of nitro groups is 1. The zero-order valence-electron chi connectivity index (χ0n) is 13.9. The highest BCUT2D eigenvalue weighted by molar-refractivity contribution is 5.35. The number of nitrogens with zero attached hydrogens (tertiary/aromatic N) is 2. The standard InChI is InChI=1S/C20H19N2O2.ClH/c1-16-4-2-3-5-19(16)15-21-12-10-18(11-13-21)14-17-6-8-20(9-7-17)22(23)24;/h2-13H,14-15H2,1H3;1H/q+1;/p-1. The van der Waals surface area contributed by atoms with Gasteiger partial charge in [-0.05, 0) is 30.0 Å². The minimum absolute atomic E-state index is 0. The van der Waals surface area contributed by atoms with E-state index >= 15 is 0 Å². The molecule has 0 bridgehead atoms. The van der Waals surface area contributed by atoms with Crippen molar-refractivity contribution in [1.82, 2.24) is 0 Å². The first-order valence-electron chi connectivity index (χ1n) is 7.87. The minimum atomic E-state index is -0.374. The third-order valence-corrected chi connectivity index (χ3v) is 4.13. The summed E-state index contributed by atoms with van der Waals surface area (Å²) in [6.45, 7) is 2.98. The van der Waals surface area contributed by atoms with Gasteiger partial charge >= 0.3 is 0 Å². The van der Waals surface area contributed by atoms with E-state index in [0.29, 0.717) is 0 Å². The second kappa shape index (κ2) is 8.40. The molecule has 0 saturated carbocycles. The van der Waals surface area contributed by atoms with E-state index in [1.165, 1.54) is 16.7 Å². The molecule has 0 aliphatic rings. The summed E-state index contributed by atoms with van der Waals surface area (Å²) in [6, 6.07) is 19.3. The molecule has 0 unspecified atom stereocenters. The summed E-state index contributed by atoms with van der Waals surface area (Å²) in [6.07, 6.45) is 4.92. The molecule has 128 valence electrons. The lowest BCUT2D eigenvalue weighted by Gasteiger charge is -2.04. The van der Waals surface area contributed by atoms with Crippen LogP contribution in [0.3, 0.4) is 0 Å². The summed E-state index contributed by atoms with van der Waals surface area (Å²) in [5, 5.41) is 10.7. The Morgan fingerprint density at radius 3 is 2.12 bits per heavy atom. The number of hydrogen-bond acceptors (Lipinski definition) is 2. The van der Waals surface area contributed by atoms with Crippen LogP contribution in [0.25, 0.3) is 0 Å². The number of aromatic nitrogens is 1. The van der Waals surface area contributed by atoms with E-state index < -0.39 is 0 Å². The smallest absolute Gasteiger partial charge is 0.269 e. The van der Waals surface area contributed by atoms with Crippen LogP contribution in [0, 0.1) is 17.0 Å². The minimum Gasteiger partial charge on any atom is -1.00 e. The van der Waals surface area contributed by atoms with Crippen molar-refractivity contribution in [1.29, 1.82) is 0 Å². The van der Waals surface area contributed by atoms with E-state index in [-0.39, 0.29) is 23.0 Å². The zero-order valence-corrected chi connectivity index (χ0v) is 14.7. The van der Waals surface area contributed by atoms with Gasteiger partial charge in [0.2, 0.25) is 0 Å². The predicted molar refractivity (Wildman–Crippen MR) is 92.8 cm³/mol. The van der Waals surface area contributed by atoms with Crippen molar-refractivity contribution in [2.75, 3.05) is 0 Å². The fraction of sp³-hybridized carbons (Fsp3) is 0.150. The van der Waals surface area contributed by atoms with Gasteiger partial charge in [-0.3, -0.25) is 10.1 Å². The van der Waals surface area contributed by atoms with E-state index in [1.54, 1.807) is 12.1 Å². The highest BCUT2D eigenvalue weighted by Gasteiger charge is 2.07. The lowest BCUT2D eigenvalue weighted by Crippen LogP contribution is -3.00. The monoisotopic (exact) mass is 354 g/mol. The summed E-state index contributed by atoms with van der Waals surface area (Å²) in [4.78, 5) is 10.3. The topological polar surface area (TPSA) is 47.0 Å². The highest BCUT2D eigenvalue weighted by Crippen LogP contribution is 2.14. The summed E-state index contributed by atoms with van der Waals surface area (Å²) in [7, 11) is 0. The second-order valence-electron chi connectivity index (χ2n) is 5.91. The molecule has 25 heavy (non-hydrogen) atoms. The predicted octanol–water partition coefficient (Wildman–Crippen LogP) is 0.834. The fourth-order valence-corrected chi connectivity index (χ4v) is 2.67. The number of pyridine rings is 1. The molecule has 0 spiro atoms. The van der Waals surface area contributed by atoms with Gasteiger partial charge in [0, 0.05) is 29.8 Å². The molecule has 3 aromatic rings. The van der Waals surface area contributed by atoms with Gasteiger partial charge in [-0.15, -0.1) is 0 Å². The van der Waals surface area contributed by atoms with Crippen LogP contribution in [-0.4, -0.2) is 4.92 Å². The van der Waals surface area contributed by atoms with Crippen LogP contribution in [-0.2, 0) is 13.0 Å². The Morgan fingerprint density at radius 1 is 0.920 bits per heavy atom. The second-order valence-corrected chi connectivity index (χ2v) is 5.91. The van der Waals surface area contributed by atoms with Gasteiger partial charge in [-0.25, -0.2) is 4.57 Å². The van der Waals surface area contributed by atoms with Crippen LogP contribution in [0.1, 0.15) is 22.3 Å². The maximum Gasteiger partial charge on any atom is 0.269 e. The van der Waals surface area contributed by atoms with E-state index in [4.69, 9.17) is 0 Å². The van der Waals surface area contributed by atoms with Gasteiger partial charge in [0.05, 0.1) is 4.92 Å². The first-order chi connectivity index (χ1) is 11.6. The molecule has 0 aliphatic carbocycles. The quantitative estimate of drug-likeness (QED) is 0.387. The Hall–Kier alpha value is -2.72. The van der Waals surface area contributed by atoms with Crippen LogP contribution in [0.2, 0.25) is 0 Å². The highest BCUT2D eigenvalue weighted by atomic mass is 35.5. The number of halogens is 1. The van der Waals surface area contributed by atoms with Crippen molar-refractivity contribution >= 4 is 5.69 Å². The number of hydrogen-bond donors (Lipinski definition) is 0. The Kier molecular flexibility index (Phi) is 6.25. The lowest BCUT2D eigenvalue weighted by atomic mass is 10.1. The number of nitro benzene ring substituents is 1. The van der Waals surface area contributed by atoms with Crippen LogP contribution in [0.4, 0.5) is 5.69 Å². The third-order valence-electron chi connectivity index (χ3n) is 4.13. The average Bonchev–Trinajstić information content (AvgIpc) is 2.59. The van der Waals surface area contributed by atoms with Gasteiger partial charge in [0.25, 0.3) is 5.69 Å². The molecule has 3 rings (SSSR count). The van der Waals surface area contributed by atoms with Gasteiger partial charge in [0.15, 0.2) is 18.9 Å². The molecule has 0 amide bonds. The molecule has 0 saturated heterocycles. The summed E-state index contributed by atoms with van der Waals surface area (Å²) >= 11 is 0. The lowest BCUT2D eigenvalue weighted by molar-refractivity contribution is -0.688. The number of aryl methyl sites for hydroxylation is 1. The SMILES string of the molecule is Cc1ccccc1C[n+]1ccc(Cc2ccc([N+](=O)[O-])cc2)cc1.[Cl-]. The summed E-state index contributed by atoms with van der Waals surface area (Å²) in [5.41, 5.74) is 4.98. The Labute approximate surface area is 153 Å². The molecular formula is C20H19ClN2O2. The molecule has 4 nitrogen and oxygen atoms in total. The molecule has 0 fully saturated rings. The van der Waals surface area contributed by atoms with E-state index in [0.717, 1.165) is 18.5 Å². The molecular weight excluding hydrogens is 336 g/mol. The number of rotatable bonds is 5. The van der Waals surface area contributed by atoms with Crippen LogP contribution >= 0.6 is 0 Å². The van der Waals surface area contributed by atoms with Crippen LogP contribution in [0.5, 0.6) is 0 Å². The molecule has 1 heterocycles. The van der Waals surface area contributed by atoms with Crippen LogP contribution in [0.15, 0.2) is 73.1 Å². The molecule has 0 atom stereocenters. The van der Waals surface area contributed by atoms with Crippen molar-refractivity contribution in [3.8, 4) is 0 Å². The van der Waals surface area contributed by atoms with Gasteiger partial charge in [0.1, 0.15) is 0 Å². The van der Waals surface area contributed by atoms with E-state index in [9.17, 15) is 10.1 Å². The van der Waals surface area contributed by atoms with Crippen LogP contribution < -0.4 is 17.0 Å². The van der Waals surface area contributed by atoms with E-state index in [2.05, 4.69) is 60.3 Å².